The third kappa shape index (κ3) is 5.10. The topological polar surface area (TPSA) is 12.0 Å². The maximum absolute atomic E-state index is 3.44. The van der Waals surface area contributed by atoms with Crippen molar-refractivity contribution in [1.29, 1.82) is 0 Å². The molecule has 0 unspecified atom stereocenters. The van der Waals surface area contributed by atoms with Gasteiger partial charge >= 0.3 is 0 Å². The molecule has 1 N–H and O–H groups in total. The third-order valence-corrected chi connectivity index (χ3v) is 3.11. The molecule has 0 aliphatic rings. The molecular formula is C20H23N. The zero-order valence-corrected chi connectivity index (χ0v) is 13.1. The van der Waals surface area contributed by atoms with E-state index in [1.54, 1.807) is 0 Å². The van der Waals surface area contributed by atoms with E-state index in [4.69, 9.17) is 0 Å². The maximum atomic E-state index is 3.44. The van der Waals surface area contributed by atoms with Crippen LogP contribution in [-0.4, -0.2) is 6.54 Å². The number of benzene rings is 2. The zero-order valence-electron chi connectivity index (χ0n) is 13.1. The summed E-state index contributed by atoms with van der Waals surface area (Å²) in [7, 11) is 0. The molecule has 2 aromatic carbocycles. The second-order valence-electron chi connectivity index (χ2n) is 6.19. The van der Waals surface area contributed by atoms with Gasteiger partial charge in [0.1, 0.15) is 0 Å². The van der Waals surface area contributed by atoms with Crippen molar-refractivity contribution in [3.05, 3.63) is 60.2 Å². The average Bonchev–Trinajstić information content (AvgIpc) is 2.45. The molecule has 0 aliphatic carbocycles. The molecule has 0 saturated heterocycles. The van der Waals surface area contributed by atoms with Crippen molar-refractivity contribution >= 4 is 10.8 Å². The van der Waals surface area contributed by atoms with Gasteiger partial charge in [-0.1, -0.05) is 60.4 Å². The molecule has 1 nitrogen and oxygen atoms in total. The second-order valence-corrected chi connectivity index (χ2v) is 6.19. The fraction of sp³-hybridized carbons (Fsp3) is 0.300. The first-order valence-electron chi connectivity index (χ1n) is 7.41. The van der Waals surface area contributed by atoms with Crippen LogP contribution in [-0.2, 0) is 6.54 Å². The molecule has 0 bridgehead atoms. The van der Waals surface area contributed by atoms with Crippen molar-refractivity contribution in [2.75, 3.05) is 6.54 Å². The van der Waals surface area contributed by atoms with Gasteiger partial charge in [-0.15, -0.1) is 0 Å². The highest BCUT2D eigenvalue weighted by atomic mass is 14.8. The first kappa shape index (κ1) is 15.4. The minimum absolute atomic E-state index is 0.0702. The van der Waals surface area contributed by atoms with E-state index in [9.17, 15) is 0 Å². The molecule has 0 fully saturated rings. The van der Waals surface area contributed by atoms with Crippen LogP contribution < -0.4 is 5.32 Å². The lowest BCUT2D eigenvalue weighted by atomic mass is 9.98. The van der Waals surface area contributed by atoms with Crippen LogP contribution in [0, 0.1) is 17.3 Å². The Morgan fingerprint density at radius 3 is 2.62 bits per heavy atom. The Morgan fingerprint density at radius 2 is 1.81 bits per heavy atom. The van der Waals surface area contributed by atoms with Gasteiger partial charge in [0.15, 0.2) is 0 Å². The minimum atomic E-state index is 0.0702. The molecule has 21 heavy (non-hydrogen) atoms. The van der Waals surface area contributed by atoms with Crippen molar-refractivity contribution in [2.24, 2.45) is 5.41 Å². The molecule has 0 heterocycles. The van der Waals surface area contributed by atoms with Crippen molar-refractivity contribution in [3.63, 3.8) is 0 Å². The van der Waals surface area contributed by atoms with Crippen LogP contribution in [0.4, 0.5) is 0 Å². The van der Waals surface area contributed by atoms with Gasteiger partial charge < -0.3 is 5.32 Å². The summed E-state index contributed by atoms with van der Waals surface area (Å²) in [5.74, 6) is 6.27. The summed E-state index contributed by atoms with van der Waals surface area (Å²) in [4.78, 5) is 0. The summed E-state index contributed by atoms with van der Waals surface area (Å²) in [6.45, 7) is 8.06. The first-order chi connectivity index (χ1) is 10.1. The molecule has 0 amide bonds. The van der Waals surface area contributed by atoms with Crippen molar-refractivity contribution in [2.45, 2.75) is 27.3 Å². The van der Waals surface area contributed by atoms with Crippen LogP contribution >= 0.6 is 0 Å². The quantitative estimate of drug-likeness (QED) is 0.639. The van der Waals surface area contributed by atoms with Gasteiger partial charge in [0.2, 0.25) is 0 Å². The largest absolute Gasteiger partial charge is 0.309 e. The van der Waals surface area contributed by atoms with Crippen LogP contribution in [0.5, 0.6) is 0 Å². The van der Waals surface area contributed by atoms with Gasteiger partial charge in [-0.25, -0.2) is 0 Å². The van der Waals surface area contributed by atoms with Gasteiger partial charge in [-0.2, -0.15) is 0 Å². The summed E-state index contributed by atoms with van der Waals surface area (Å²) in [5, 5.41) is 6.05. The molecule has 0 aliphatic heterocycles. The molecule has 108 valence electrons. The fourth-order valence-corrected chi connectivity index (χ4v) is 2.11. The Kier molecular flexibility index (Phi) is 5.20. The van der Waals surface area contributed by atoms with Gasteiger partial charge in [-0.05, 0) is 43.2 Å². The molecule has 0 atom stereocenters. The van der Waals surface area contributed by atoms with Crippen LogP contribution in [0.25, 0.3) is 10.8 Å². The molecule has 0 aromatic heterocycles. The van der Waals surface area contributed by atoms with E-state index in [0.717, 1.165) is 13.1 Å². The first-order valence-corrected chi connectivity index (χ1v) is 7.41. The number of hydrogen-bond donors (Lipinski definition) is 1. The molecule has 1 heteroatoms. The molecule has 2 aromatic rings. The van der Waals surface area contributed by atoms with Crippen LogP contribution in [0.15, 0.2) is 54.6 Å². The lowest BCUT2D eigenvalue weighted by Crippen LogP contribution is -2.12. The summed E-state index contributed by atoms with van der Waals surface area (Å²) in [5.41, 5.74) is 1.41. The molecule has 0 spiro atoms. The Bertz CT molecular complexity index is 673. The normalized spacial score (nSPS) is 11.6. The van der Waals surface area contributed by atoms with Gasteiger partial charge in [0, 0.05) is 18.5 Å². The number of rotatable bonds is 4. The SMILES string of the molecule is CC(C)(C)C#C/C=C/CNCc1cccc2ccccc12. The zero-order chi connectivity index (χ0) is 15.1. The van der Waals surface area contributed by atoms with Gasteiger partial charge in [0.05, 0.1) is 0 Å². The van der Waals surface area contributed by atoms with E-state index in [1.165, 1.54) is 16.3 Å². The van der Waals surface area contributed by atoms with Gasteiger partial charge in [-0.3, -0.25) is 0 Å². The van der Waals surface area contributed by atoms with Gasteiger partial charge in [0.25, 0.3) is 0 Å². The molecule has 2 rings (SSSR count). The summed E-state index contributed by atoms with van der Waals surface area (Å²) < 4.78 is 0. The molecule has 0 saturated carbocycles. The maximum Gasteiger partial charge on any atom is 0.0233 e. The third-order valence-electron chi connectivity index (χ3n) is 3.11. The monoisotopic (exact) mass is 277 g/mol. The average molecular weight is 277 g/mol. The molecular weight excluding hydrogens is 254 g/mol. The van der Waals surface area contributed by atoms with Crippen LogP contribution in [0.2, 0.25) is 0 Å². The summed E-state index contributed by atoms with van der Waals surface area (Å²) >= 11 is 0. The predicted molar refractivity (Wildman–Crippen MR) is 92.0 cm³/mol. The van der Waals surface area contributed by atoms with Crippen molar-refractivity contribution < 1.29 is 0 Å². The number of nitrogens with one attached hydrogen (secondary N) is 1. The Morgan fingerprint density at radius 1 is 1.05 bits per heavy atom. The lowest BCUT2D eigenvalue weighted by Gasteiger charge is -2.07. The number of allylic oxidation sites excluding steroid dienone is 1. The predicted octanol–water partition coefficient (Wildman–Crippen LogP) is 4.54. The van der Waals surface area contributed by atoms with Crippen molar-refractivity contribution in [3.8, 4) is 11.8 Å². The van der Waals surface area contributed by atoms with E-state index in [2.05, 4.69) is 86.5 Å². The Labute approximate surface area is 128 Å². The number of hydrogen-bond acceptors (Lipinski definition) is 1. The van der Waals surface area contributed by atoms with Crippen LogP contribution in [0.3, 0.4) is 0 Å². The van der Waals surface area contributed by atoms with Crippen LogP contribution in [0.1, 0.15) is 26.3 Å². The highest BCUT2D eigenvalue weighted by Crippen LogP contribution is 2.18. The van der Waals surface area contributed by atoms with E-state index in [0.29, 0.717) is 0 Å². The van der Waals surface area contributed by atoms with E-state index in [1.807, 2.05) is 6.08 Å². The summed E-state index contributed by atoms with van der Waals surface area (Å²) in [6, 6.07) is 14.9. The van der Waals surface area contributed by atoms with Crippen molar-refractivity contribution in [1.82, 2.24) is 5.32 Å². The fourth-order valence-electron chi connectivity index (χ4n) is 2.11. The second kappa shape index (κ2) is 7.11. The summed E-state index contributed by atoms with van der Waals surface area (Å²) in [6.07, 6.45) is 4.01. The van der Waals surface area contributed by atoms with E-state index >= 15 is 0 Å². The molecule has 0 radical (unpaired) electrons. The van der Waals surface area contributed by atoms with E-state index in [-0.39, 0.29) is 5.41 Å². The smallest absolute Gasteiger partial charge is 0.0233 e. The Hall–Kier alpha value is -2.04. The van der Waals surface area contributed by atoms with E-state index < -0.39 is 0 Å². The number of fused-ring (bicyclic) bond motifs is 1. The Balaban J connectivity index is 1.88. The highest BCUT2D eigenvalue weighted by molar-refractivity contribution is 5.85. The highest BCUT2D eigenvalue weighted by Gasteiger charge is 2.02. The minimum Gasteiger partial charge on any atom is -0.309 e. The standard InChI is InChI=1S/C20H23N/c1-20(2,3)14-7-4-8-15-21-16-18-12-9-11-17-10-5-6-13-19(17)18/h4-6,8-13,21H,15-16H2,1-3H3/b8-4+. The lowest BCUT2D eigenvalue weighted by molar-refractivity contribution is 0.571.